The van der Waals surface area contributed by atoms with Crippen molar-refractivity contribution >= 4 is 34.1 Å². The van der Waals surface area contributed by atoms with Crippen LogP contribution in [0, 0.1) is 0 Å². The summed E-state index contributed by atoms with van der Waals surface area (Å²) in [5.41, 5.74) is -0.0610. The molecule has 1 aromatic carbocycles. The lowest BCUT2D eigenvalue weighted by Gasteiger charge is -1.99. The van der Waals surface area contributed by atoms with E-state index in [-0.39, 0.29) is 0 Å². The molecule has 1 N–H and O–H groups in total. The summed E-state index contributed by atoms with van der Waals surface area (Å²) in [6.07, 6.45) is -3.24. The van der Waals surface area contributed by atoms with Crippen LogP contribution in [-0.4, -0.2) is 15.2 Å². The maximum Gasteiger partial charge on any atom is 0.432 e. The number of aromatic nitrogens is 3. The zero-order valence-electron chi connectivity index (χ0n) is 10.3. The Morgan fingerprint density at radius 2 is 1.76 bits per heavy atom. The monoisotopic (exact) mass is 333 g/mol. The van der Waals surface area contributed by atoms with Crippen molar-refractivity contribution < 1.29 is 13.2 Å². The van der Waals surface area contributed by atoms with Crippen molar-refractivity contribution in [1.82, 2.24) is 15.2 Å². The normalized spacial score (nSPS) is 11.1. The first-order valence-electron chi connectivity index (χ1n) is 5.65. The highest BCUT2D eigenvalue weighted by Crippen LogP contribution is 2.26. The molecule has 0 saturated carbocycles. The smallest absolute Gasteiger partial charge is 0.274 e. The second kappa shape index (κ2) is 6.32. The molecule has 0 aliphatic heterocycles. The number of alkyl halides is 3. The maximum atomic E-state index is 11.5. The predicted octanol–water partition coefficient (Wildman–Crippen LogP) is 4.97. The van der Waals surface area contributed by atoms with Crippen LogP contribution in [0.2, 0.25) is 10.2 Å². The van der Waals surface area contributed by atoms with E-state index in [2.05, 4.69) is 10.1 Å². The number of nitrogens with zero attached hydrogens (tertiary/aromatic N) is 2. The lowest BCUT2D eigenvalue weighted by atomic mass is 10.2. The summed E-state index contributed by atoms with van der Waals surface area (Å²) in [7, 11) is 0. The Labute approximate surface area is 127 Å². The zero-order chi connectivity index (χ0) is 15.5. The number of hydrogen-bond donors (Lipinski definition) is 1. The number of H-pyrrole nitrogens is 1. The summed E-state index contributed by atoms with van der Waals surface area (Å²) in [5.74, 6) is 0. The first kappa shape index (κ1) is 15.6. The number of hydrogen-bond acceptors (Lipinski definition) is 2. The third kappa shape index (κ3) is 4.09. The van der Waals surface area contributed by atoms with Gasteiger partial charge in [0.25, 0.3) is 0 Å². The number of fused-ring (bicyclic) bond motifs is 1. The molecule has 3 aromatic rings. The van der Waals surface area contributed by atoms with E-state index in [0.717, 1.165) is 23.2 Å². The molecule has 8 heteroatoms. The molecular weight excluding hydrogens is 326 g/mol. The minimum absolute atomic E-state index is 0.468. The van der Waals surface area contributed by atoms with Crippen LogP contribution >= 0.6 is 23.2 Å². The van der Waals surface area contributed by atoms with Crippen LogP contribution in [0.4, 0.5) is 13.2 Å². The van der Waals surface area contributed by atoms with E-state index in [1.54, 1.807) is 17.2 Å². The van der Waals surface area contributed by atoms with Gasteiger partial charge in [0, 0.05) is 11.6 Å². The summed E-state index contributed by atoms with van der Waals surface area (Å²) >= 11 is 11.6. The molecule has 0 aliphatic carbocycles. The van der Waals surface area contributed by atoms with Gasteiger partial charge < -0.3 is 0 Å². The molecule has 0 spiro atoms. The van der Waals surface area contributed by atoms with E-state index in [1.807, 2.05) is 18.2 Å². The van der Waals surface area contributed by atoms with Crippen molar-refractivity contribution in [2.45, 2.75) is 6.18 Å². The average molecular weight is 334 g/mol. The molecule has 0 unspecified atom stereocenters. The average Bonchev–Trinajstić information content (AvgIpc) is 2.94. The van der Waals surface area contributed by atoms with Gasteiger partial charge in [-0.2, -0.15) is 18.3 Å². The Bertz CT molecular complexity index is 727. The lowest BCUT2D eigenvalue weighted by Crippen LogP contribution is -2.04. The fraction of sp³-hybridized carbons (Fsp3) is 0.0769. The number of halogens is 5. The van der Waals surface area contributed by atoms with Crippen LogP contribution in [0.25, 0.3) is 10.9 Å². The van der Waals surface area contributed by atoms with Crippen LogP contribution in [0.15, 0.2) is 42.6 Å². The Kier molecular flexibility index (Phi) is 4.69. The number of nitrogens with one attached hydrogen (secondary N) is 1. The third-order valence-electron chi connectivity index (χ3n) is 2.44. The Morgan fingerprint density at radius 3 is 2.33 bits per heavy atom. The second-order valence-electron chi connectivity index (χ2n) is 3.91. The summed E-state index contributed by atoms with van der Waals surface area (Å²) in [6.45, 7) is 0. The molecule has 0 amide bonds. The minimum Gasteiger partial charge on any atom is -0.274 e. The molecule has 0 aliphatic rings. The van der Waals surface area contributed by atoms with Gasteiger partial charge in [-0.05, 0) is 24.3 Å². The van der Waals surface area contributed by atoms with Gasteiger partial charge in [0.2, 0.25) is 0 Å². The van der Waals surface area contributed by atoms with E-state index in [4.69, 9.17) is 23.2 Å². The van der Waals surface area contributed by atoms with E-state index < -0.39 is 11.9 Å². The summed E-state index contributed by atoms with van der Waals surface area (Å²) in [4.78, 5) is 4.11. The van der Waals surface area contributed by atoms with Gasteiger partial charge in [-0.1, -0.05) is 35.3 Å². The van der Waals surface area contributed by atoms with Gasteiger partial charge in [-0.25, -0.2) is 4.98 Å². The highest BCUT2D eigenvalue weighted by Gasteiger charge is 2.31. The Hall–Kier alpha value is -1.79. The van der Waals surface area contributed by atoms with Crippen molar-refractivity contribution in [3.05, 3.63) is 58.5 Å². The molecule has 110 valence electrons. The summed E-state index contributed by atoms with van der Waals surface area (Å²) in [5, 5.41) is 7.05. The predicted molar refractivity (Wildman–Crippen MR) is 75.4 cm³/mol. The molecule has 2 aromatic heterocycles. The second-order valence-corrected chi connectivity index (χ2v) is 4.71. The molecule has 0 radical (unpaired) electrons. The fourth-order valence-corrected chi connectivity index (χ4v) is 1.87. The quantitative estimate of drug-likeness (QED) is 0.590. The number of aromatic amines is 1. The van der Waals surface area contributed by atoms with E-state index in [0.29, 0.717) is 10.2 Å². The standard InChI is InChI=1S/C9H5Cl2N.C4H3F3N2/c10-7-3-1-2-6-4-5-8(11)12-9(6)7;5-4(6,7)3-1-2-8-9-3/h1-5H;1-2H,(H,8,9). The third-order valence-corrected chi connectivity index (χ3v) is 2.96. The highest BCUT2D eigenvalue weighted by molar-refractivity contribution is 6.35. The highest BCUT2D eigenvalue weighted by atomic mass is 35.5. The molecule has 2 heterocycles. The van der Waals surface area contributed by atoms with Crippen LogP contribution in [0.1, 0.15) is 5.69 Å². The molecule has 3 rings (SSSR count). The van der Waals surface area contributed by atoms with Crippen molar-refractivity contribution in [3.63, 3.8) is 0 Å². The first-order valence-corrected chi connectivity index (χ1v) is 6.41. The van der Waals surface area contributed by atoms with Crippen molar-refractivity contribution in [3.8, 4) is 0 Å². The summed E-state index contributed by atoms with van der Waals surface area (Å²) < 4.78 is 34.6. The van der Waals surface area contributed by atoms with Gasteiger partial charge >= 0.3 is 6.18 Å². The molecule has 0 saturated heterocycles. The topological polar surface area (TPSA) is 41.6 Å². The number of rotatable bonds is 0. The van der Waals surface area contributed by atoms with Gasteiger partial charge in [-0.3, -0.25) is 5.10 Å². The lowest BCUT2D eigenvalue weighted by molar-refractivity contribution is -0.141. The molecule has 0 fully saturated rings. The molecule has 21 heavy (non-hydrogen) atoms. The van der Waals surface area contributed by atoms with Crippen molar-refractivity contribution in [2.24, 2.45) is 0 Å². The van der Waals surface area contributed by atoms with Crippen molar-refractivity contribution in [2.75, 3.05) is 0 Å². The van der Waals surface area contributed by atoms with Crippen LogP contribution in [-0.2, 0) is 6.18 Å². The molecule has 0 atom stereocenters. The molecule has 3 nitrogen and oxygen atoms in total. The number of benzene rings is 1. The van der Waals surface area contributed by atoms with E-state index in [1.165, 1.54) is 0 Å². The Morgan fingerprint density at radius 1 is 1.00 bits per heavy atom. The van der Waals surface area contributed by atoms with E-state index in [9.17, 15) is 13.2 Å². The first-order chi connectivity index (χ1) is 9.88. The van der Waals surface area contributed by atoms with Crippen LogP contribution in [0.3, 0.4) is 0 Å². The molecular formula is C13H8Cl2F3N3. The van der Waals surface area contributed by atoms with Gasteiger partial charge in [0.1, 0.15) is 10.8 Å². The van der Waals surface area contributed by atoms with Gasteiger partial charge in [-0.15, -0.1) is 0 Å². The fourth-order valence-electron chi connectivity index (χ4n) is 1.50. The largest absolute Gasteiger partial charge is 0.432 e. The van der Waals surface area contributed by atoms with Crippen LogP contribution < -0.4 is 0 Å². The van der Waals surface area contributed by atoms with Crippen molar-refractivity contribution in [1.29, 1.82) is 0 Å². The number of pyridine rings is 1. The van der Waals surface area contributed by atoms with Gasteiger partial charge in [0.15, 0.2) is 0 Å². The van der Waals surface area contributed by atoms with Crippen LogP contribution in [0.5, 0.6) is 0 Å². The zero-order valence-corrected chi connectivity index (χ0v) is 11.8. The minimum atomic E-state index is -4.30. The number of para-hydroxylation sites is 1. The van der Waals surface area contributed by atoms with E-state index >= 15 is 0 Å². The summed E-state index contributed by atoms with van der Waals surface area (Å²) in [6, 6.07) is 10.2. The van der Waals surface area contributed by atoms with Gasteiger partial charge in [0.05, 0.1) is 10.5 Å². The SMILES string of the molecule is Clc1ccc2cccc(Cl)c2n1.FC(F)(F)c1ccn[nH]1. The Balaban J connectivity index is 0.000000161. The maximum absolute atomic E-state index is 11.5. The molecule has 0 bridgehead atoms.